The lowest BCUT2D eigenvalue weighted by molar-refractivity contribution is -0.139. The lowest BCUT2D eigenvalue weighted by atomic mass is 9.91. The van der Waals surface area contributed by atoms with Crippen molar-refractivity contribution in [1.82, 2.24) is 4.90 Å². The van der Waals surface area contributed by atoms with Crippen LogP contribution < -0.4 is 5.73 Å². The Morgan fingerprint density at radius 1 is 1.21 bits per heavy atom. The minimum Gasteiger partial charge on any atom is -0.338 e. The largest absolute Gasteiger partial charge is 0.338 e. The van der Waals surface area contributed by atoms with Crippen LogP contribution in [0.2, 0.25) is 0 Å². The highest BCUT2D eigenvalue weighted by Crippen LogP contribution is 2.22. The second kappa shape index (κ2) is 6.20. The monoisotopic (exact) mass is 262 g/mol. The van der Waals surface area contributed by atoms with E-state index in [4.69, 9.17) is 5.73 Å². The molecular weight excluding hydrogens is 236 g/mol. The van der Waals surface area contributed by atoms with Crippen molar-refractivity contribution in [3.63, 3.8) is 0 Å². The van der Waals surface area contributed by atoms with Gasteiger partial charge in [-0.1, -0.05) is 44.2 Å². The summed E-state index contributed by atoms with van der Waals surface area (Å²) in [6, 6.07) is 9.73. The van der Waals surface area contributed by atoms with Gasteiger partial charge in [-0.15, -0.1) is 0 Å². The van der Waals surface area contributed by atoms with E-state index in [1.807, 2.05) is 49.1 Å². The predicted octanol–water partition coefficient (Wildman–Crippen LogP) is 2.75. The number of nitrogens with zero attached hydrogens (tertiary/aromatic N) is 1. The van der Waals surface area contributed by atoms with E-state index in [1.54, 1.807) is 6.92 Å². The molecule has 0 aliphatic rings. The number of nitrogens with two attached hydrogens (primary N) is 1. The molecule has 2 N–H and O–H groups in total. The van der Waals surface area contributed by atoms with E-state index in [-0.39, 0.29) is 11.9 Å². The Balaban J connectivity index is 3.01. The summed E-state index contributed by atoms with van der Waals surface area (Å²) in [5, 5.41) is 0. The molecule has 1 aromatic rings. The highest BCUT2D eigenvalue weighted by atomic mass is 16.2. The lowest BCUT2D eigenvalue weighted by Crippen LogP contribution is -2.53. The highest BCUT2D eigenvalue weighted by molar-refractivity contribution is 5.87. The maximum atomic E-state index is 12.7. The van der Waals surface area contributed by atoms with Crippen LogP contribution in [-0.4, -0.2) is 23.4 Å². The third-order valence-electron chi connectivity index (χ3n) is 3.26. The molecule has 1 aromatic carbocycles. The molecule has 1 unspecified atom stereocenters. The molecule has 1 atom stereocenters. The van der Waals surface area contributed by atoms with Crippen LogP contribution in [0.4, 0.5) is 0 Å². The minimum absolute atomic E-state index is 0.0117. The zero-order valence-corrected chi connectivity index (χ0v) is 12.7. The van der Waals surface area contributed by atoms with Crippen LogP contribution in [0.5, 0.6) is 0 Å². The quantitative estimate of drug-likeness (QED) is 0.887. The third-order valence-corrected chi connectivity index (χ3v) is 3.26. The number of benzene rings is 1. The van der Waals surface area contributed by atoms with E-state index in [0.29, 0.717) is 5.92 Å². The summed E-state index contributed by atoms with van der Waals surface area (Å²) in [4.78, 5) is 14.6. The molecule has 3 nitrogen and oxygen atoms in total. The second-order valence-corrected chi connectivity index (χ2v) is 6.01. The smallest absolute Gasteiger partial charge is 0.247 e. The van der Waals surface area contributed by atoms with Gasteiger partial charge in [-0.05, 0) is 32.3 Å². The average molecular weight is 262 g/mol. The first-order valence-electron chi connectivity index (χ1n) is 6.92. The Bertz CT molecular complexity index is 410. The third kappa shape index (κ3) is 3.80. The molecule has 0 saturated carbocycles. The van der Waals surface area contributed by atoms with E-state index in [1.165, 1.54) is 0 Å². The van der Waals surface area contributed by atoms with E-state index in [0.717, 1.165) is 12.1 Å². The zero-order chi connectivity index (χ0) is 14.6. The highest BCUT2D eigenvalue weighted by Gasteiger charge is 2.35. The van der Waals surface area contributed by atoms with Crippen molar-refractivity contribution in [2.24, 2.45) is 11.7 Å². The summed E-state index contributed by atoms with van der Waals surface area (Å²) in [7, 11) is 0. The van der Waals surface area contributed by atoms with Crippen LogP contribution in [0.15, 0.2) is 30.3 Å². The van der Waals surface area contributed by atoms with E-state index >= 15 is 0 Å². The maximum Gasteiger partial charge on any atom is 0.247 e. The molecule has 0 fully saturated rings. The summed E-state index contributed by atoms with van der Waals surface area (Å²) in [5.41, 5.74) is 6.19. The molecule has 19 heavy (non-hydrogen) atoms. The van der Waals surface area contributed by atoms with Crippen LogP contribution in [0.3, 0.4) is 0 Å². The van der Waals surface area contributed by atoms with Crippen molar-refractivity contribution >= 4 is 5.91 Å². The van der Waals surface area contributed by atoms with Crippen molar-refractivity contribution in [2.75, 3.05) is 6.54 Å². The number of carbonyl (C=O) groups excluding carboxylic acids is 1. The number of rotatable bonds is 5. The van der Waals surface area contributed by atoms with Crippen LogP contribution in [0, 0.1) is 5.92 Å². The fourth-order valence-electron chi connectivity index (χ4n) is 2.13. The van der Waals surface area contributed by atoms with Crippen LogP contribution in [0.1, 0.15) is 40.2 Å². The van der Waals surface area contributed by atoms with Gasteiger partial charge in [-0.3, -0.25) is 4.79 Å². The van der Waals surface area contributed by atoms with Gasteiger partial charge in [0.1, 0.15) is 5.54 Å². The van der Waals surface area contributed by atoms with Crippen molar-refractivity contribution in [3.05, 3.63) is 35.9 Å². The first-order chi connectivity index (χ1) is 8.76. The Morgan fingerprint density at radius 3 is 2.16 bits per heavy atom. The molecule has 0 aromatic heterocycles. The van der Waals surface area contributed by atoms with Gasteiger partial charge in [0, 0.05) is 12.6 Å². The molecule has 0 bridgehead atoms. The SMILES string of the molecule is CC(C)CN(C(=O)C(C)(N)c1ccccc1)C(C)C. The molecule has 0 radical (unpaired) electrons. The molecule has 1 rings (SSSR count). The Hall–Kier alpha value is -1.35. The number of hydrogen-bond acceptors (Lipinski definition) is 2. The topological polar surface area (TPSA) is 46.3 Å². The van der Waals surface area contributed by atoms with Gasteiger partial charge in [-0.25, -0.2) is 0 Å². The van der Waals surface area contributed by atoms with Gasteiger partial charge in [0.05, 0.1) is 0 Å². The molecule has 0 aliphatic heterocycles. The molecule has 106 valence electrons. The summed E-state index contributed by atoms with van der Waals surface area (Å²) >= 11 is 0. The Morgan fingerprint density at radius 2 is 1.74 bits per heavy atom. The summed E-state index contributed by atoms with van der Waals surface area (Å²) in [6.45, 7) is 10.8. The second-order valence-electron chi connectivity index (χ2n) is 6.01. The first kappa shape index (κ1) is 15.7. The van der Waals surface area contributed by atoms with Gasteiger partial charge < -0.3 is 10.6 Å². The van der Waals surface area contributed by atoms with Gasteiger partial charge in [0.25, 0.3) is 0 Å². The summed E-state index contributed by atoms with van der Waals surface area (Å²) in [6.07, 6.45) is 0. The van der Waals surface area contributed by atoms with Crippen molar-refractivity contribution in [3.8, 4) is 0 Å². The van der Waals surface area contributed by atoms with Gasteiger partial charge >= 0.3 is 0 Å². The zero-order valence-electron chi connectivity index (χ0n) is 12.7. The van der Waals surface area contributed by atoms with Crippen molar-refractivity contribution < 1.29 is 4.79 Å². The summed E-state index contributed by atoms with van der Waals surface area (Å²) in [5.74, 6) is 0.417. The Labute approximate surface area is 116 Å². The number of carbonyl (C=O) groups is 1. The average Bonchev–Trinajstić information content (AvgIpc) is 2.35. The number of hydrogen-bond donors (Lipinski definition) is 1. The first-order valence-corrected chi connectivity index (χ1v) is 6.92. The van der Waals surface area contributed by atoms with Gasteiger partial charge in [0.2, 0.25) is 5.91 Å². The molecule has 0 saturated heterocycles. The van der Waals surface area contributed by atoms with Gasteiger partial charge in [0.15, 0.2) is 0 Å². The Kier molecular flexibility index (Phi) is 5.12. The minimum atomic E-state index is -0.972. The van der Waals surface area contributed by atoms with Crippen LogP contribution in [0.25, 0.3) is 0 Å². The molecule has 0 spiro atoms. The van der Waals surface area contributed by atoms with Crippen LogP contribution >= 0.6 is 0 Å². The van der Waals surface area contributed by atoms with Gasteiger partial charge in [-0.2, -0.15) is 0 Å². The van der Waals surface area contributed by atoms with Crippen molar-refractivity contribution in [1.29, 1.82) is 0 Å². The maximum absolute atomic E-state index is 12.7. The normalized spacial score (nSPS) is 14.5. The van der Waals surface area contributed by atoms with E-state index in [9.17, 15) is 4.79 Å². The van der Waals surface area contributed by atoms with Crippen molar-refractivity contribution in [2.45, 2.75) is 46.2 Å². The van der Waals surface area contributed by atoms with E-state index < -0.39 is 5.54 Å². The fraction of sp³-hybridized carbons (Fsp3) is 0.562. The number of amides is 1. The lowest BCUT2D eigenvalue weighted by Gasteiger charge is -2.35. The molecular formula is C16H26N2O. The standard InChI is InChI=1S/C16H26N2O/c1-12(2)11-18(13(3)4)15(19)16(5,17)14-9-7-6-8-10-14/h6-10,12-13H,11,17H2,1-5H3. The molecule has 3 heteroatoms. The molecule has 0 heterocycles. The van der Waals surface area contributed by atoms with E-state index in [2.05, 4.69) is 13.8 Å². The molecule has 0 aliphatic carbocycles. The summed E-state index contributed by atoms with van der Waals surface area (Å²) < 4.78 is 0. The predicted molar refractivity (Wildman–Crippen MR) is 79.7 cm³/mol. The molecule has 1 amide bonds. The fourth-order valence-corrected chi connectivity index (χ4v) is 2.13. The van der Waals surface area contributed by atoms with Crippen LogP contribution in [-0.2, 0) is 10.3 Å².